The molecule has 3 aliphatic carbocycles. The van der Waals surface area contributed by atoms with Crippen LogP contribution in [0, 0.1) is 0 Å². The predicted molar refractivity (Wildman–Crippen MR) is 207 cm³/mol. The molecule has 2 bridgehead atoms. The van der Waals surface area contributed by atoms with E-state index in [4.69, 9.17) is 0 Å². The zero-order valence-corrected chi connectivity index (χ0v) is 27.7. The molecule has 3 heterocycles. The van der Waals surface area contributed by atoms with Crippen molar-refractivity contribution in [3.63, 3.8) is 0 Å². The normalized spacial score (nSPS) is 15.5. The maximum Gasteiger partial charge on any atom is 0.0541 e. The summed E-state index contributed by atoms with van der Waals surface area (Å²) in [5.41, 5.74) is 19.2. The standard InChI is InChI=1S/C48H31N3/c1-2-16-39-38(15-1)46-41-19-8-22-44(51-42-20-5-3-13-36(42)37-14-4-6-21-43(37)51)48(41)47(39)40-18-7-17-35(45(40)46)34-26-32(30-11-9-23-49-28-30)25-33(27-34)31-12-10-24-50-29-31/h1-29,46-47H. The van der Waals surface area contributed by atoms with Crippen LogP contribution in [0.5, 0.6) is 0 Å². The van der Waals surface area contributed by atoms with Crippen molar-refractivity contribution >= 4 is 21.8 Å². The third-order valence-electron chi connectivity index (χ3n) is 11.1. The first-order valence-corrected chi connectivity index (χ1v) is 17.6. The smallest absolute Gasteiger partial charge is 0.0541 e. The van der Waals surface area contributed by atoms with Crippen molar-refractivity contribution in [1.82, 2.24) is 14.5 Å². The zero-order valence-electron chi connectivity index (χ0n) is 27.7. The molecule has 12 rings (SSSR count). The van der Waals surface area contributed by atoms with Crippen molar-refractivity contribution in [3.8, 4) is 39.1 Å². The van der Waals surface area contributed by atoms with E-state index in [1.807, 2.05) is 36.9 Å². The number of nitrogens with zero attached hydrogens (tertiary/aromatic N) is 3. The molecule has 0 fully saturated rings. The van der Waals surface area contributed by atoms with Crippen molar-refractivity contribution in [2.75, 3.05) is 0 Å². The molecule has 0 N–H and O–H groups in total. The third kappa shape index (κ3) is 4.12. The van der Waals surface area contributed by atoms with Crippen LogP contribution in [0.1, 0.15) is 45.2 Å². The average Bonchev–Trinajstić information content (AvgIpc) is 3.55. The van der Waals surface area contributed by atoms with Gasteiger partial charge in [-0.1, -0.05) is 103 Å². The number of fused-ring (bicyclic) bond motifs is 3. The first kappa shape index (κ1) is 28.3. The summed E-state index contributed by atoms with van der Waals surface area (Å²) in [6.45, 7) is 0. The monoisotopic (exact) mass is 649 g/mol. The van der Waals surface area contributed by atoms with Crippen molar-refractivity contribution < 1.29 is 0 Å². The van der Waals surface area contributed by atoms with Gasteiger partial charge in [-0.2, -0.15) is 0 Å². The van der Waals surface area contributed by atoms with Gasteiger partial charge in [-0.25, -0.2) is 0 Å². The number of para-hydroxylation sites is 2. The van der Waals surface area contributed by atoms with E-state index in [0.29, 0.717) is 0 Å². The fourth-order valence-corrected chi connectivity index (χ4v) is 9.10. The Labute approximate surface area is 296 Å². The molecular weight excluding hydrogens is 619 g/mol. The Morgan fingerprint density at radius 2 is 0.902 bits per heavy atom. The van der Waals surface area contributed by atoms with E-state index >= 15 is 0 Å². The number of hydrogen-bond donors (Lipinski definition) is 0. The molecule has 3 heteroatoms. The molecule has 0 amide bonds. The van der Waals surface area contributed by atoms with Gasteiger partial charge in [0, 0.05) is 58.5 Å². The van der Waals surface area contributed by atoms with Gasteiger partial charge in [0.05, 0.1) is 16.7 Å². The van der Waals surface area contributed by atoms with Crippen LogP contribution in [-0.4, -0.2) is 14.5 Å². The van der Waals surface area contributed by atoms with Gasteiger partial charge in [-0.15, -0.1) is 0 Å². The minimum absolute atomic E-state index is 0.101. The first-order chi connectivity index (χ1) is 25.3. The second kappa shape index (κ2) is 11.0. The van der Waals surface area contributed by atoms with Crippen LogP contribution in [0.4, 0.5) is 0 Å². The van der Waals surface area contributed by atoms with Gasteiger partial charge in [0.2, 0.25) is 0 Å². The van der Waals surface area contributed by atoms with E-state index in [9.17, 15) is 0 Å². The molecule has 6 aromatic carbocycles. The topological polar surface area (TPSA) is 30.7 Å². The lowest BCUT2D eigenvalue weighted by molar-refractivity contribution is 0.750. The molecule has 0 spiro atoms. The number of pyridine rings is 2. The molecule has 2 unspecified atom stereocenters. The van der Waals surface area contributed by atoms with E-state index < -0.39 is 0 Å². The van der Waals surface area contributed by atoms with Crippen molar-refractivity contribution in [2.24, 2.45) is 0 Å². The van der Waals surface area contributed by atoms with Crippen molar-refractivity contribution in [1.29, 1.82) is 0 Å². The maximum atomic E-state index is 4.47. The SMILES string of the molecule is c1cncc(-c2cc(-c3cccnc3)cc(-c3cccc4c3C3c5ccccc5C4c4c3cccc4-n3c4ccccc4c4ccccc43)c2)c1. The van der Waals surface area contributed by atoms with Gasteiger partial charge in [-0.05, 0) is 104 Å². The highest BCUT2D eigenvalue weighted by molar-refractivity contribution is 6.09. The van der Waals surface area contributed by atoms with Crippen LogP contribution in [0.3, 0.4) is 0 Å². The summed E-state index contributed by atoms with van der Waals surface area (Å²) in [7, 11) is 0. The van der Waals surface area contributed by atoms with Crippen molar-refractivity contribution in [2.45, 2.75) is 11.8 Å². The summed E-state index contributed by atoms with van der Waals surface area (Å²) in [5, 5.41) is 2.57. The van der Waals surface area contributed by atoms with E-state index in [0.717, 1.165) is 22.3 Å². The predicted octanol–water partition coefficient (Wildman–Crippen LogP) is 11.6. The van der Waals surface area contributed by atoms with E-state index in [2.05, 4.69) is 154 Å². The molecule has 0 saturated heterocycles. The minimum atomic E-state index is 0.101. The Balaban J connectivity index is 1.18. The van der Waals surface area contributed by atoms with Crippen LogP contribution in [0.15, 0.2) is 176 Å². The lowest BCUT2D eigenvalue weighted by Gasteiger charge is -2.44. The average molecular weight is 650 g/mol. The molecule has 0 radical (unpaired) electrons. The number of benzene rings is 6. The highest BCUT2D eigenvalue weighted by atomic mass is 15.0. The van der Waals surface area contributed by atoms with Crippen molar-refractivity contribution in [3.05, 3.63) is 210 Å². The van der Waals surface area contributed by atoms with E-state index in [1.54, 1.807) is 0 Å². The quantitative estimate of drug-likeness (QED) is 0.190. The molecule has 3 nitrogen and oxygen atoms in total. The summed E-state index contributed by atoms with van der Waals surface area (Å²) >= 11 is 0. The molecule has 0 aliphatic heterocycles. The van der Waals surface area contributed by atoms with Gasteiger partial charge in [0.1, 0.15) is 0 Å². The number of hydrogen-bond acceptors (Lipinski definition) is 2. The van der Waals surface area contributed by atoms with Crippen LogP contribution in [-0.2, 0) is 0 Å². The van der Waals surface area contributed by atoms with Crippen LogP contribution in [0.25, 0.3) is 60.9 Å². The molecule has 2 atom stereocenters. The van der Waals surface area contributed by atoms with Crippen LogP contribution < -0.4 is 0 Å². The van der Waals surface area contributed by atoms with Gasteiger partial charge < -0.3 is 4.57 Å². The Morgan fingerprint density at radius 3 is 1.51 bits per heavy atom. The molecule has 0 saturated carbocycles. The molecule has 238 valence electrons. The highest BCUT2D eigenvalue weighted by Crippen LogP contribution is 2.59. The first-order valence-electron chi connectivity index (χ1n) is 17.6. The molecule has 3 aliphatic rings. The molecule has 9 aromatic rings. The fraction of sp³-hybridized carbons (Fsp3) is 0.0417. The van der Waals surface area contributed by atoms with Gasteiger partial charge in [0.15, 0.2) is 0 Å². The largest absolute Gasteiger partial charge is 0.309 e. The number of rotatable bonds is 4. The van der Waals surface area contributed by atoms with Crippen LogP contribution >= 0.6 is 0 Å². The minimum Gasteiger partial charge on any atom is -0.309 e. The van der Waals surface area contributed by atoms with Gasteiger partial charge in [0.25, 0.3) is 0 Å². The van der Waals surface area contributed by atoms with Gasteiger partial charge >= 0.3 is 0 Å². The highest BCUT2D eigenvalue weighted by Gasteiger charge is 2.44. The van der Waals surface area contributed by atoms with E-state index in [-0.39, 0.29) is 11.8 Å². The zero-order chi connectivity index (χ0) is 33.5. The third-order valence-corrected chi connectivity index (χ3v) is 11.1. The molecular formula is C48H31N3. The fourth-order valence-electron chi connectivity index (χ4n) is 9.10. The Bertz CT molecular complexity index is 2700. The Hall–Kier alpha value is -6.58. The number of aromatic nitrogens is 3. The maximum absolute atomic E-state index is 4.47. The summed E-state index contributed by atoms with van der Waals surface area (Å²) < 4.78 is 2.51. The molecule has 3 aromatic heterocycles. The summed E-state index contributed by atoms with van der Waals surface area (Å²) in [4.78, 5) is 8.94. The lowest BCUT2D eigenvalue weighted by Crippen LogP contribution is -2.29. The Morgan fingerprint density at radius 1 is 0.392 bits per heavy atom. The van der Waals surface area contributed by atoms with Gasteiger partial charge in [-0.3, -0.25) is 9.97 Å². The lowest BCUT2D eigenvalue weighted by atomic mass is 9.59. The summed E-state index contributed by atoms with van der Waals surface area (Å²) in [6.07, 6.45) is 7.58. The summed E-state index contributed by atoms with van der Waals surface area (Å²) in [6, 6.07) is 56.0. The second-order valence-corrected chi connectivity index (χ2v) is 13.7. The summed E-state index contributed by atoms with van der Waals surface area (Å²) in [5.74, 6) is 0.205. The second-order valence-electron chi connectivity index (χ2n) is 13.7. The van der Waals surface area contributed by atoms with Crippen LogP contribution in [0.2, 0.25) is 0 Å². The molecule has 51 heavy (non-hydrogen) atoms. The Kier molecular flexibility index (Phi) is 6.08. The van der Waals surface area contributed by atoms with E-state index in [1.165, 1.54) is 72.0 Å².